The van der Waals surface area contributed by atoms with E-state index in [1.54, 1.807) is 13.8 Å². The Morgan fingerprint density at radius 1 is 0.930 bits per heavy atom. The van der Waals surface area contributed by atoms with Gasteiger partial charge in [-0.1, -0.05) is 55.5 Å². The van der Waals surface area contributed by atoms with Crippen LogP contribution in [-0.4, -0.2) is 13.1 Å². The van der Waals surface area contributed by atoms with Gasteiger partial charge in [-0.2, -0.15) is 13.2 Å². The number of carbonyl (C=O) groups excluding carboxylic acids is 1. The highest BCUT2D eigenvalue weighted by Gasteiger charge is 2.41. The number of halogens is 5. The van der Waals surface area contributed by atoms with Crippen LogP contribution in [0.5, 0.6) is 23.0 Å². The molecule has 0 unspecified atom stereocenters. The SMILES string of the molecule is CCCCCCc1cc2c(=O)c(Oc3cc(C)cc(C)c3)c(C(F)(F)F)oc2cc1OC(=O)c1c(Cl)ccc(Cl)c1OC. The second-order valence-electron chi connectivity index (χ2n) is 10.1. The largest absolute Gasteiger partial charge is 0.494 e. The molecule has 11 heteroatoms. The predicted molar refractivity (Wildman–Crippen MR) is 159 cm³/mol. The minimum Gasteiger partial charge on any atom is -0.494 e. The summed E-state index contributed by atoms with van der Waals surface area (Å²) in [4.78, 5) is 26.9. The lowest BCUT2D eigenvalue weighted by Crippen LogP contribution is -2.16. The number of methoxy groups -OCH3 is 1. The van der Waals surface area contributed by atoms with E-state index in [0.717, 1.165) is 36.5 Å². The summed E-state index contributed by atoms with van der Waals surface area (Å²) < 4.78 is 64.3. The Hall–Kier alpha value is -3.69. The van der Waals surface area contributed by atoms with Gasteiger partial charge in [0.2, 0.25) is 11.2 Å². The smallest absolute Gasteiger partial charge is 0.453 e. The maximum Gasteiger partial charge on any atom is 0.453 e. The highest BCUT2D eigenvalue weighted by atomic mass is 35.5. The molecule has 0 saturated carbocycles. The van der Waals surface area contributed by atoms with Crippen molar-refractivity contribution >= 4 is 40.1 Å². The van der Waals surface area contributed by atoms with Crippen molar-refractivity contribution in [1.82, 2.24) is 0 Å². The van der Waals surface area contributed by atoms with Crippen molar-refractivity contribution in [2.45, 2.75) is 59.1 Å². The van der Waals surface area contributed by atoms with Crippen molar-refractivity contribution in [2.24, 2.45) is 0 Å². The first-order valence-corrected chi connectivity index (χ1v) is 14.3. The third kappa shape index (κ3) is 7.28. The van der Waals surface area contributed by atoms with Crippen LogP contribution in [0, 0.1) is 13.8 Å². The highest BCUT2D eigenvalue weighted by molar-refractivity contribution is 6.37. The van der Waals surface area contributed by atoms with E-state index < -0.39 is 34.7 Å². The van der Waals surface area contributed by atoms with Gasteiger partial charge in [-0.15, -0.1) is 0 Å². The molecule has 0 radical (unpaired) electrons. The summed E-state index contributed by atoms with van der Waals surface area (Å²) in [6.45, 7) is 5.56. The molecular weight excluding hydrogens is 608 g/mol. The van der Waals surface area contributed by atoms with Crippen molar-refractivity contribution in [2.75, 3.05) is 7.11 Å². The monoisotopic (exact) mass is 636 g/mol. The molecule has 0 bridgehead atoms. The minimum absolute atomic E-state index is 0.00407. The van der Waals surface area contributed by atoms with Gasteiger partial charge in [-0.05, 0) is 73.7 Å². The summed E-state index contributed by atoms with van der Waals surface area (Å²) in [6.07, 6.45) is -1.27. The topological polar surface area (TPSA) is 75.0 Å². The van der Waals surface area contributed by atoms with E-state index in [1.807, 2.05) is 13.0 Å². The van der Waals surface area contributed by atoms with E-state index in [1.165, 1.54) is 37.4 Å². The Labute approximate surface area is 256 Å². The van der Waals surface area contributed by atoms with Gasteiger partial charge in [-0.3, -0.25) is 4.79 Å². The number of esters is 1. The molecule has 228 valence electrons. The number of alkyl halides is 3. The van der Waals surface area contributed by atoms with Crippen LogP contribution in [-0.2, 0) is 12.6 Å². The molecule has 0 spiro atoms. The third-order valence-corrected chi connectivity index (χ3v) is 7.29. The number of fused-ring (bicyclic) bond motifs is 1. The molecule has 6 nitrogen and oxygen atoms in total. The molecule has 3 aromatic carbocycles. The average molecular weight is 637 g/mol. The fraction of sp³-hybridized carbons (Fsp3) is 0.312. The fourth-order valence-electron chi connectivity index (χ4n) is 4.75. The number of hydrogen-bond acceptors (Lipinski definition) is 6. The van der Waals surface area contributed by atoms with Crippen LogP contribution in [0.2, 0.25) is 10.0 Å². The maximum atomic E-state index is 14.2. The lowest BCUT2D eigenvalue weighted by molar-refractivity contribution is -0.154. The summed E-state index contributed by atoms with van der Waals surface area (Å²) in [5.41, 5.74) is 0.285. The third-order valence-electron chi connectivity index (χ3n) is 6.67. The van der Waals surface area contributed by atoms with E-state index in [4.69, 9.17) is 41.8 Å². The van der Waals surface area contributed by atoms with E-state index in [9.17, 15) is 22.8 Å². The lowest BCUT2D eigenvalue weighted by Gasteiger charge is -2.17. The van der Waals surface area contributed by atoms with Gasteiger partial charge in [0, 0.05) is 6.07 Å². The molecule has 4 aromatic rings. The summed E-state index contributed by atoms with van der Waals surface area (Å²) in [7, 11) is 1.30. The first-order valence-electron chi connectivity index (χ1n) is 13.5. The van der Waals surface area contributed by atoms with Gasteiger partial charge in [0.15, 0.2) is 5.75 Å². The molecule has 43 heavy (non-hydrogen) atoms. The Morgan fingerprint density at radius 2 is 1.60 bits per heavy atom. The van der Waals surface area contributed by atoms with Crippen molar-refractivity contribution in [1.29, 1.82) is 0 Å². The number of ether oxygens (including phenoxy) is 3. The second kappa shape index (κ2) is 13.3. The lowest BCUT2D eigenvalue weighted by atomic mass is 10.0. The fourth-order valence-corrected chi connectivity index (χ4v) is 5.21. The van der Waals surface area contributed by atoms with Gasteiger partial charge >= 0.3 is 12.1 Å². The van der Waals surface area contributed by atoms with Crippen LogP contribution in [0.3, 0.4) is 0 Å². The molecule has 0 atom stereocenters. The number of rotatable bonds is 10. The standard InChI is InChI=1S/C32H29Cl2F3O6/c1-5-6-7-8-9-19-15-21-25(16-24(19)43-31(39)26-22(33)10-11-23(34)28(26)40-4)42-30(32(35,36)37)29(27(21)38)41-20-13-17(2)12-18(3)14-20/h10-16H,5-9H2,1-4H3. The van der Waals surface area contributed by atoms with Crippen LogP contribution in [0.15, 0.2) is 51.7 Å². The summed E-state index contributed by atoms with van der Waals surface area (Å²) in [5.74, 6) is -3.60. The van der Waals surface area contributed by atoms with Crippen LogP contribution in [0.25, 0.3) is 11.0 Å². The molecule has 0 aliphatic heterocycles. The molecule has 0 fully saturated rings. The van der Waals surface area contributed by atoms with Gasteiger partial charge in [0.05, 0.1) is 22.5 Å². The van der Waals surface area contributed by atoms with Crippen LogP contribution >= 0.6 is 23.2 Å². The van der Waals surface area contributed by atoms with Crippen LogP contribution in [0.1, 0.15) is 65.4 Å². The number of unbranched alkanes of at least 4 members (excludes halogenated alkanes) is 3. The molecule has 1 heterocycles. The Balaban J connectivity index is 1.88. The van der Waals surface area contributed by atoms with Crippen molar-refractivity contribution < 1.29 is 36.6 Å². The molecule has 0 aliphatic rings. The average Bonchev–Trinajstić information content (AvgIpc) is 2.92. The van der Waals surface area contributed by atoms with E-state index in [0.29, 0.717) is 18.4 Å². The number of hydrogen-bond donors (Lipinski definition) is 0. The zero-order valence-electron chi connectivity index (χ0n) is 23.9. The second-order valence-corrected chi connectivity index (χ2v) is 10.9. The van der Waals surface area contributed by atoms with Crippen molar-refractivity contribution in [3.05, 3.63) is 90.7 Å². The van der Waals surface area contributed by atoms with Crippen molar-refractivity contribution in [3.8, 4) is 23.0 Å². The molecule has 0 aliphatic carbocycles. The zero-order chi connectivity index (χ0) is 31.5. The first-order chi connectivity index (χ1) is 20.3. The van der Waals surface area contributed by atoms with E-state index in [2.05, 4.69) is 0 Å². The minimum atomic E-state index is -5.07. The maximum absolute atomic E-state index is 14.2. The zero-order valence-corrected chi connectivity index (χ0v) is 25.4. The first kappa shape index (κ1) is 32.2. The number of carbonyl (C=O) groups is 1. The molecule has 4 rings (SSSR count). The molecule has 0 N–H and O–H groups in total. The number of aryl methyl sites for hydroxylation is 3. The highest BCUT2D eigenvalue weighted by Crippen LogP contribution is 2.40. The van der Waals surface area contributed by atoms with Gasteiger partial charge in [-0.25, -0.2) is 4.79 Å². The molecular formula is C32H29Cl2F3O6. The molecule has 0 amide bonds. The summed E-state index contributed by atoms with van der Waals surface area (Å²) >= 11 is 12.4. The summed E-state index contributed by atoms with van der Waals surface area (Å²) in [6, 6.07) is 10.2. The van der Waals surface area contributed by atoms with E-state index in [-0.39, 0.29) is 38.2 Å². The van der Waals surface area contributed by atoms with Crippen molar-refractivity contribution in [3.63, 3.8) is 0 Å². The number of benzene rings is 3. The van der Waals surface area contributed by atoms with Crippen LogP contribution < -0.4 is 19.6 Å². The Bertz CT molecular complexity index is 1710. The van der Waals surface area contributed by atoms with Gasteiger partial charge < -0.3 is 18.6 Å². The van der Waals surface area contributed by atoms with E-state index >= 15 is 0 Å². The quantitative estimate of drug-likeness (QED) is 0.0979. The molecule has 1 aromatic heterocycles. The Kier molecular flexibility index (Phi) is 9.97. The van der Waals surface area contributed by atoms with Crippen LogP contribution in [0.4, 0.5) is 13.2 Å². The normalized spacial score (nSPS) is 11.6. The molecule has 0 saturated heterocycles. The predicted octanol–water partition coefficient (Wildman–Crippen LogP) is 9.88. The Morgan fingerprint density at radius 3 is 2.23 bits per heavy atom. The van der Waals surface area contributed by atoms with Gasteiger partial charge in [0.25, 0.3) is 5.76 Å². The summed E-state index contributed by atoms with van der Waals surface area (Å²) in [5, 5.41) is -0.0547. The van der Waals surface area contributed by atoms with Gasteiger partial charge in [0.1, 0.15) is 22.6 Å².